The number of nitrogen functional groups attached to an aromatic ring is 1. The van der Waals surface area contributed by atoms with E-state index < -0.39 is 31.4 Å². The number of aryl methyl sites for hydroxylation is 1. The monoisotopic (exact) mass is 370 g/mol. The molecule has 0 fully saturated rings. The van der Waals surface area contributed by atoms with Crippen molar-refractivity contribution in [1.29, 1.82) is 0 Å². The number of hydrogen-bond acceptors (Lipinski definition) is 5. The van der Waals surface area contributed by atoms with Crippen molar-refractivity contribution < 1.29 is 16.8 Å². The van der Waals surface area contributed by atoms with Crippen LogP contribution < -0.4 is 10.5 Å². The highest BCUT2D eigenvalue weighted by atomic mass is 79.9. The first-order chi connectivity index (χ1) is 8.50. The van der Waals surface area contributed by atoms with Gasteiger partial charge in [-0.3, -0.25) is 4.72 Å². The van der Waals surface area contributed by atoms with E-state index in [1.165, 1.54) is 0 Å². The molecule has 1 rings (SSSR count). The summed E-state index contributed by atoms with van der Waals surface area (Å²) in [6.45, 7) is 1.82. The largest absolute Gasteiger partial charge is 0.397 e. The van der Waals surface area contributed by atoms with Crippen LogP contribution in [0.2, 0.25) is 0 Å². The van der Waals surface area contributed by atoms with Crippen LogP contribution in [0.3, 0.4) is 0 Å². The van der Waals surface area contributed by atoms with Gasteiger partial charge in [0.2, 0.25) is 10.0 Å². The highest BCUT2D eigenvalue weighted by Gasteiger charge is 2.17. The van der Waals surface area contributed by atoms with Gasteiger partial charge in [-0.05, 0) is 40.5 Å². The van der Waals surface area contributed by atoms with Gasteiger partial charge in [-0.1, -0.05) is 0 Å². The topological polar surface area (TPSA) is 106 Å². The number of sulfonamides is 1. The summed E-state index contributed by atoms with van der Waals surface area (Å²) < 4.78 is 48.3. The molecular formula is C10H15BrN2O4S2. The van der Waals surface area contributed by atoms with E-state index in [-0.39, 0.29) is 11.4 Å². The second kappa shape index (κ2) is 5.68. The molecule has 0 aromatic heterocycles. The van der Waals surface area contributed by atoms with Gasteiger partial charge in [-0.15, -0.1) is 0 Å². The molecule has 9 heteroatoms. The van der Waals surface area contributed by atoms with E-state index >= 15 is 0 Å². The number of nitrogens with two attached hydrogens (primary N) is 1. The SMILES string of the molecule is Cc1cc(N)c(NS(=O)(=O)CCS(C)(=O)=O)c(Br)c1. The second-order valence-corrected chi connectivity index (χ2v) is 9.22. The summed E-state index contributed by atoms with van der Waals surface area (Å²) in [5.74, 6) is -0.947. The van der Waals surface area contributed by atoms with E-state index in [1.54, 1.807) is 12.1 Å². The third-order valence-corrected chi connectivity index (χ3v) is 5.33. The molecule has 1 aromatic rings. The van der Waals surface area contributed by atoms with Crippen molar-refractivity contribution in [3.8, 4) is 0 Å². The molecule has 6 nitrogen and oxygen atoms in total. The average Bonchev–Trinajstić information content (AvgIpc) is 2.20. The predicted molar refractivity (Wildman–Crippen MR) is 80.4 cm³/mol. The van der Waals surface area contributed by atoms with E-state index in [9.17, 15) is 16.8 Å². The summed E-state index contributed by atoms with van der Waals surface area (Å²) >= 11 is 3.22. The molecule has 0 radical (unpaired) electrons. The number of nitrogens with one attached hydrogen (secondary N) is 1. The van der Waals surface area contributed by atoms with Crippen LogP contribution in [0.5, 0.6) is 0 Å². The molecule has 108 valence electrons. The Balaban J connectivity index is 2.96. The molecule has 0 amide bonds. The molecule has 0 aliphatic heterocycles. The van der Waals surface area contributed by atoms with Crippen LogP contribution >= 0.6 is 15.9 Å². The van der Waals surface area contributed by atoms with Crippen molar-refractivity contribution in [2.45, 2.75) is 6.92 Å². The number of halogens is 1. The zero-order chi connectivity index (χ0) is 14.8. The standard InChI is InChI=1S/C10H15BrN2O4S2/c1-7-5-8(11)10(9(12)6-7)13-19(16,17)4-3-18(2,14)15/h5-6,13H,3-4,12H2,1-2H3. The highest BCUT2D eigenvalue weighted by molar-refractivity contribution is 9.10. The fourth-order valence-electron chi connectivity index (χ4n) is 1.34. The summed E-state index contributed by atoms with van der Waals surface area (Å²) in [6.07, 6.45) is 0.985. The molecule has 0 saturated heterocycles. The maximum absolute atomic E-state index is 11.8. The maximum atomic E-state index is 11.8. The zero-order valence-electron chi connectivity index (χ0n) is 10.5. The Morgan fingerprint density at radius 1 is 1.21 bits per heavy atom. The quantitative estimate of drug-likeness (QED) is 0.755. The van der Waals surface area contributed by atoms with Gasteiger partial charge in [0.25, 0.3) is 0 Å². The molecule has 0 bridgehead atoms. The Kier molecular flexibility index (Phi) is 4.86. The smallest absolute Gasteiger partial charge is 0.233 e. The van der Waals surface area contributed by atoms with Crippen molar-refractivity contribution in [2.24, 2.45) is 0 Å². The van der Waals surface area contributed by atoms with Gasteiger partial charge in [0, 0.05) is 10.7 Å². The van der Waals surface area contributed by atoms with E-state index in [0.717, 1.165) is 11.8 Å². The Labute approximate surface area is 121 Å². The first-order valence-corrected chi connectivity index (χ1v) is 9.74. The molecule has 19 heavy (non-hydrogen) atoms. The number of hydrogen-bond donors (Lipinski definition) is 2. The van der Waals surface area contributed by atoms with Crippen molar-refractivity contribution in [3.05, 3.63) is 22.2 Å². The lowest BCUT2D eigenvalue weighted by Crippen LogP contribution is -2.23. The molecule has 3 N–H and O–H groups in total. The van der Waals surface area contributed by atoms with E-state index in [4.69, 9.17) is 5.73 Å². The van der Waals surface area contributed by atoms with Crippen LogP contribution in [0.25, 0.3) is 0 Å². The highest BCUT2D eigenvalue weighted by Crippen LogP contribution is 2.31. The lowest BCUT2D eigenvalue weighted by atomic mass is 10.2. The fourth-order valence-corrected chi connectivity index (χ4v) is 4.89. The molecule has 0 heterocycles. The number of sulfone groups is 1. The van der Waals surface area contributed by atoms with E-state index in [1.807, 2.05) is 6.92 Å². The van der Waals surface area contributed by atoms with Crippen LogP contribution in [0.1, 0.15) is 5.56 Å². The predicted octanol–water partition coefficient (Wildman–Crippen LogP) is 1.13. The van der Waals surface area contributed by atoms with Crippen LogP contribution in [0.4, 0.5) is 11.4 Å². The third-order valence-electron chi connectivity index (χ3n) is 2.25. The van der Waals surface area contributed by atoms with Crippen LogP contribution in [-0.4, -0.2) is 34.6 Å². The molecule has 0 unspecified atom stereocenters. The molecule has 0 aliphatic rings. The first-order valence-electron chi connectivity index (χ1n) is 5.24. The Morgan fingerprint density at radius 3 is 2.26 bits per heavy atom. The Morgan fingerprint density at radius 2 is 1.79 bits per heavy atom. The van der Waals surface area contributed by atoms with Crippen molar-refractivity contribution >= 4 is 47.2 Å². The number of anilines is 2. The molecule has 0 atom stereocenters. The third kappa shape index (κ3) is 5.37. The minimum atomic E-state index is -3.76. The van der Waals surface area contributed by atoms with Gasteiger partial charge >= 0.3 is 0 Å². The van der Waals surface area contributed by atoms with Gasteiger partial charge in [-0.25, -0.2) is 16.8 Å². The minimum absolute atomic E-state index is 0.221. The van der Waals surface area contributed by atoms with Crippen LogP contribution in [0.15, 0.2) is 16.6 Å². The Hall–Kier alpha value is -0.800. The van der Waals surface area contributed by atoms with Crippen molar-refractivity contribution in [2.75, 3.05) is 28.2 Å². The summed E-state index contributed by atoms with van der Waals surface area (Å²) in [4.78, 5) is 0. The molecule has 0 spiro atoms. The first kappa shape index (κ1) is 16.3. The second-order valence-electron chi connectivity index (χ2n) is 4.26. The van der Waals surface area contributed by atoms with Crippen molar-refractivity contribution in [1.82, 2.24) is 0 Å². The lowest BCUT2D eigenvalue weighted by Gasteiger charge is -2.12. The van der Waals surface area contributed by atoms with Gasteiger partial charge in [0.05, 0.1) is 22.9 Å². The van der Waals surface area contributed by atoms with Crippen LogP contribution in [-0.2, 0) is 19.9 Å². The zero-order valence-corrected chi connectivity index (χ0v) is 13.7. The fraction of sp³-hybridized carbons (Fsp3) is 0.400. The van der Waals surface area contributed by atoms with Crippen molar-refractivity contribution in [3.63, 3.8) is 0 Å². The summed E-state index contributed by atoms with van der Waals surface area (Å²) in [7, 11) is -7.10. The lowest BCUT2D eigenvalue weighted by molar-refractivity contribution is 0.593. The summed E-state index contributed by atoms with van der Waals surface area (Å²) in [5, 5.41) is 0. The normalized spacial score (nSPS) is 12.4. The van der Waals surface area contributed by atoms with Gasteiger partial charge in [0.1, 0.15) is 9.84 Å². The molecule has 0 aliphatic carbocycles. The maximum Gasteiger partial charge on any atom is 0.233 e. The van der Waals surface area contributed by atoms with Crippen LogP contribution in [0, 0.1) is 6.92 Å². The minimum Gasteiger partial charge on any atom is -0.397 e. The van der Waals surface area contributed by atoms with E-state index in [2.05, 4.69) is 20.7 Å². The number of benzene rings is 1. The Bertz CT molecular complexity index is 660. The molecule has 0 saturated carbocycles. The molecule has 1 aromatic carbocycles. The van der Waals surface area contributed by atoms with Gasteiger partial charge < -0.3 is 5.73 Å². The number of rotatable bonds is 5. The summed E-state index contributed by atoms with van der Waals surface area (Å²) in [6, 6.07) is 3.34. The van der Waals surface area contributed by atoms with E-state index in [0.29, 0.717) is 4.47 Å². The molecular weight excluding hydrogens is 356 g/mol. The van der Waals surface area contributed by atoms with Gasteiger partial charge in [0.15, 0.2) is 0 Å². The van der Waals surface area contributed by atoms with Gasteiger partial charge in [-0.2, -0.15) is 0 Å². The average molecular weight is 371 g/mol. The summed E-state index contributed by atoms with van der Waals surface area (Å²) in [5.41, 5.74) is 7.11.